The first-order valence-corrected chi connectivity index (χ1v) is 12.1. The minimum atomic E-state index is -3.04. The summed E-state index contributed by atoms with van der Waals surface area (Å²) in [5, 5.41) is 9.07. The van der Waals surface area contributed by atoms with Crippen LogP contribution in [0.4, 0.5) is 0 Å². The molecule has 0 spiro atoms. The second kappa shape index (κ2) is 7.57. The summed E-state index contributed by atoms with van der Waals surface area (Å²) in [5.74, 6) is 6.78. The minimum Gasteiger partial charge on any atom is -0.335 e. The van der Waals surface area contributed by atoms with Gasteiger partial charge in [0.2, 0.25) is 11.1 Å². The van der Waals surface area contributed by atoms with E-state index in [2.05, 4.69) is 10.2 Å². The Morgan fingerprint density at radius 3 is 2.64 bits per heavy atom. The molecule has 8 nitrogen and oxygen atoms in total. The van der Waals surface area contributed by atoms with Crippen molar-refractivity contribution in [1.82, 2.24) is 19.8 Å². The number of carbonyl (C=O) groups is 1. The highest BCUT2D eigenvalue weighted by molar-refractivity contribution is 7.99. The highest BCUT2D eigenvalue weighted by atomic mass is 35.5. The zero-order valence-corrected chi connectivity index (χ0v) is 17.4. The van der Waals surface area contributed by atoms with Gasteiger partial charge in [-0.05, 0) is 31.4 Å². The van der Waals surface area contributed by atoms with E-state index in [0.29, 0.717) is 28.0 Å². The topological polar surface area (TPSA) is 111 Å². The van der Waals surface area contributed by atoms with E-state index < -0.39 is 9.84 Å². The lowest BCUT2D eigenvalue weighted by molar-refractivity contribution is -0.130. The fourth-order valence-corrected chi connectivity index (χ4v) is 6.11. The van der Waals surface area contributed by atoms with Crippen molar-refractivity contribution in [3.05, 3.63) is 29.3 Å². The van der Waals surface area contributed by atoms with Gasteiger partial charge in [-0.15, -0.1) is 10.2 Å². The van der Waals surface area contributed by atoms with E-state index >= 15 is 0 Å². The van der Waals surface area contributed by atoms with E-state index in [-0.39, 0.29) is 35.2 Å². The number of hydrogen-bond acceptors (Lipinski definition) is 7. The van der Waals surface area contributed by atoms with Gasteiger partial charge in [-0.25, -0.2) is 13.1 Å². The van der Waals surface area contributed by atoms with Crippen LogP contribution in [-0.2, 0) is 14.6 Å². The lowest BCUT2D eigenvalue weighted by atomic mass is 10.2. The number of carbonyl (C=O) groups excluding carboxylic acids is 1. The molecule has 11 heteroatoms. The average Bonchev–Trinajstić information content (AvgIpc) is 3.32. The lowest BCUT2D eigenvalue weighted by Crippen LogP contribution is -2.43. The summed E-state index contributed by atoms with van der Waals surface area (Å²) in [7, 11) is -3.04. The summed E-state index contributed by atoms with van der Waals surface area (Å²) in [6.07, 6.45) is 2.37. The lowest BCUT2D eigenvalue weighted by Gasteiger charge is -2.28. The molecule has 1 saturated heterocycles. The van der Waals surface area contributed by atoms with Crippen LogP contribution in [0.2, 0.25) is 5.02 Å². The van der Waals surface area contributed by atoms with Gasteiger partial charge in [0.15, 0.2) is 15.7 Å². The number of thioether (sulfide) groups is 1. The number of nitrogens with two attached hydrogens (primary N) is 1. The van der Waals surface area contributed by atoms with Crippen molar-refractivity contribution in [1.29, 1.82) is 0 Å². The van der Waals surface area contributed by atoms with Gasteiger partial charge in [-0.2, -0.15) is 0 Å². The summed E-state index contributed by atoms with van der Waals surface area (Å²) < 4.78 is 24.9. The van der Waals surface area contributed by atoms with Crippen molar-refractivity contribution in [2.24, 2.45) is 0 Å². The van der Waals surface area contributed by atoms with E-state index in [0.717, 1.165) is 12.8 Å². The zero-order valence-electron chi connectivity index (χ0n) is 15.0. The van der Waals surface area contributed by atoms with Crippen LogP contribution in [0.5, 0.6) is 0 Å². The molecule has 1 atom stereocenters. The number of hydrogen-bond donors (Lipinski definition) is 1. The number of benzene rings is 1. The third-order valence-corrected chi connectivity index (χ3v) is 7.94. The molecule has 150 valence electrons. The monoisotopic (exact) mass is 441 g/mol. The molecule has 28 heavy (non-hydrogen) atoms. The maximum Gasteiger partial charge on any atom is 0.233 e. The number of nitrogens with zero attached hydrogens (tertiary/aromatic N) is 4. The Balaban J connectivity index is 1.45. The Morgan fingerprint density at radius 1 is 1.25 bits per heavy atom. The van der Waals surface area contributed by atoms with Crippen LogP contribution in [0.1, 0.15) is 19.3 Å². The highest BCUT2D eigenvalue weighted by Crippen LogP contribution is 2.33. The Morgan fingerprint density at radius 2 is 2.00 bits per heavy atom. The zero-order chi connectivity index (χ0) is 19.9. The third kappa shape index (κ3) is 3.99. The molecule has 0 radical (unpaired) electrons. The van der Waals surface area contributed by atoms with Gasteiger partial charge >= 0.3 is 0 Å². The summed E-state index contributed by atoms with van der Waals surface area (Å²) in [6, 6.07) is 7.11. The first kappa shape index (κ1) is 19.5. The Labute approximate surface area is 172 Å². The maximum absolute atomic E-state index is 12.8. The van der Waals surface area contributed by atoms with Crippen LogP contribution >= 0.6 is 23.4 Å². The predicted octanol–water partition coefficient (Wildman–Crippen LogP) is 1.58. The molecule has 2 aromatic rings. The Hall–Kier alpha value is -1.78. The first-order chi connectivity index (χ1) is 13.4. The van der Waals surface area contributed by atoms with Gasteiger partial charge in [-0.1, -0.05) is 35.5 Å². The number of nitrogen functional groups attached to an aromatic ring is 1. The molecule has 1 saturated carbocycles. The van der Waals surface area contributed by atoms with Crippen LogP contribution in [0.25, 0.3) is 11.4 Å². The molecule has 0 bridgehead atoms. The minimum absolute atomic E-state index is 0.0592. The molecule has 1 aliphatic heterocycles. The summed E-state index contributed by atoms with van der Waals surface area (Å²) in [5.41, 5.74) is 0.660. The normalized spacial score (nSPS) is 21.0. The van der Waals surface area contributed by atoms with Crippen molar-refractivity contribution in [2.45, 2.75) is 36.5 Å². The second-order valence-electron chi connectivity index (χ2n) is 7.03. The predicted molar refractivity (Wildman–Crippen MR) is 108 cm³/mol. The summed E-state index contributed by atoms with van der Waals surface area (Å²) in [6.45, 7) is 0. The molecule has 1 aromatic heterocycles. The van der Waals surface area contributed by atoms with Crippen molar-refractivity contribution in [3.8, 4) is 11.4 Å². The standard InChI is InChI=1S/C17H20ClN5O3S2/c18-14-4-2-1-3-13(14)16-20-21-17(23(16)19)27-9-15(24)22(11-5-6-11)12-7-8-28(25,26)10-12/h1-4,11-12H,5-10,19H2/t12-/m0/s1. The van der Waals surface area contributed by atoms with Gasteiger partial charge in [0.1, 0.15) is 0 Å². The summed E-state index contributed by atoms with van der Waals surface area (Å²) in [4.78, 5) is 14.6. The second-order valence-corrected chi connectivity index (χ2v) is 10.6. The molecule has 2 heterocycles. The molecule has 1 aromatic carbocycles. The molecule has 1 aliphatic carbocycles. The van der Waals surface area contributed by atoms with Crippen molar-refractivity contribution in [2.75, 3.05) is 23.1 Å². The van der Waals surface area contributed by atoms with Gasteiger partial charge in [0.25, 0.3) is 0 Å². The third-order valence-electron chi connectivity index (χ3n) is 4.93. The molecule has 2 fully saturated rings. The van der Waals surface area contributed by atoms with E-state index in [1.807, 2.05) is 12.1 Å². The average molecular weight is 442 g/mol. The molecule has 2 N–H and O–H groups in total. The highest BCUT2D eigenvalue weighted by Gasteiger charge is 2.42. The number of amides is 1. The summed E-state index contributed by atoms with van der Waals surface area (Å²) >= 11 is 7.38. The van der Waals surface area contributed by atoms with E-state index in [1.54, 1.807) is 17.0 Å². The molecule has 1 amide bonds. The Kier molecular flexibility index (Phi) is 5.28. The van der Waals surface area contributed by atoms with Gasteiger partial charge in [0, 0.05) is 17.6 Å². The van der Waals surface area contributed by atoms with Gasteiger partial charge in [-0.3, -0.25) is 4.79 Å². The first-order valence-electron chi connectivity index (χ1n) is 8.95. The van der Waals surface area contributed by atoms with E-state index in [4.69, 9.17) is 17.4 Å². The van der Waals surface area contributed by atoms with Gasteiger partial charge in [0.05, 0.1) is 22.3 Å². The molecule has 2 aliphatic rings. The quantitative estimate of drug-likeness (QED) is 0.535. The van der Waals surface area contributed by atoms with Crippen LogP contribution in [0.15, 0.2) is 29.4 Å². The van der Waals surface area contributed by atoms with E-state index in [1.165, 1.54) is 16.4 Å². The van der Waals surface area contributed by atoms with Crippen LogP contribution in [0, 0.1) is 0 Å². The van der Waals surface area contributed by atoms with Crippen molar-refractivity contribution >= 4 is 39.1 Å². The number of aromatic nitrogens is 3. The van der Waals surface area contributed by atoms with Crippen LogP contribution in [-0.4, -0.2) is 63.4 Å². The Bertz CT molecular complexity index is 1010. The van der Waals surface area contributed by atoms with Crippen molar-refractivity contribution in [3.63, 3.8) is 0 Å². The molecular formula is C17H20ClN5O3S2. The van der Waals surface area contributed by atoms with Crippen molar-refractivity contribution < 1.29 is 13.2 Å². The van der Waals surface area contributed by atoms with Crippen LogP contribution in [0.3, 0.4) is 0 Å². The van der Waals surface area contributed by atoms with Gasteiger partial charge < -0.3 is 10.7 Å². The number of rotatable bonds is 6. The number of halogens is 1. The molecular weight excluding hydrogens is 422 g/mol. The van der Waals surface area contributed by atoms with E-state index in [9.17, 15) is 13.2 Å². The largest absolute Gasteiger partial charge is 0.335 e. The SMILES string of the molecule is Nn1c(SCC(=O)N(C2CC2)[C@H]2CCS(=O)(=O)C2)nnc1-c1ccccc1Cl. The van der Waals surface area contributed by atoms with Crippen LogP contribution < -0.4 is 5.84 Å². The molecule has 0 unspecified atom stereocenters. The molecule has 4 rings (SSSR count). The smallest absolute Gasteiger partial charge is 0.233 e. The fourth-order valence-electron chi connectivity index (χ4n) is 3.46. The maximum atomic E-state index is 12.8. The number of sulfone groups is 1. The fraction of sp³-hybridized carbons (Fsp3) is 0.471.